The smallest absolute Gasteiger partial charge is 0.244 e. The molecule has 0 bridgehead atoms. The summed E-state index contributed by atoms with van der Waals surface area (Å²) in [6.07, 6.45) is 1.79. The third-order valence-electron chi connectivity index (χ3n) is 5.31. The number of rotatable bonds is 11. The lowest BCUT2D eigenvalue weighted by Gasteiger charge is -2.32. The van der Waals surface area contributed by atoms with E-state index in [4.69, 9.17) is 16.3 Å². The Morgan fingerprint density at radius 2 is 1.88 bits per heavy atom. The van der Waals surface area contributed by atoms with E-state index in [2.05, 4.69) is 5.32 Å². The molecule has 0 aliphatic rings. The molecule has 0 aliphatic heterocycles. The second kappa shape index (κ2) is 12.1. The monoisotopic (exact) mass is 509 g/mol. The van der Waals surface area contributed by atoms with Crippen LogP contribution in [0.5, 0.6) is 5.75 Å². The molecule has 0 fully saturated rings. The lowest BCUT2D eigenvalue weighted by molar-refractivity contribution is -0.139. The predicted octanol–water partition coefficient (Wildman–Crippen LogP) is 3.37. The molecule has 0 saturated heterocycles. The highest BCUT2D eigenvalue weighted by molar-refractivity contribution is 7.92. The molecule has 34 heavy (non-hydrogen) atoms. The minimum absolute atomic E-state index is 0.105. The lowest BCUT2D eigenvalue weighted by atomic mass is 10.1. The fourth-order valence-corrected chi connectivity index (χ4v) is 4.57. The van der Waals surface area contributed by atoms with Crippen LogP contribution in [0.4, 0.5) is 5.69 Å². The molecule has 2 rings (SSSR count). The fourth-order valence-electron chi connectivity index (χ4n) is 3.44. The average molecular weight is 510 g/mol. The maximum atomic E-state index is 13.5. The van der Waals surface area contributed by atoms with E-state index < -0.39 is 28.5 Å². The molecule has 1 unspecified atom stereocenters. The Labute approximate surface area is 206 Å². The Kier molecular flexibility index (Phi) is 9.76. The van der Waals surface area contributed by atoms with Crippen molar-refractivity contribution in [2.24, 2.45) is 0 Å². The van der Waals surface area contributed by atoms with Gasteiger partial charge in [0.1, 0.15) is 18.3 Å². The van der Waals surface area contributed by atoms with Gasteiger partial charge in [-0.2, -0.15) is 0 Å². The largest absolute Gasteiger partial charge is 0.497 e. The molecule has 0 saturated carbocycles. The van der Waals surface area contributed by atoms with Crippen LogP contribution in [0.3, 0.4) is 0 Å². The second-order valence-electron chi connectivity index (χ2n) is 8.04. The van der Waals surface area contributed by atoms with Gasteiger partial charge >= 0.3 is 0 Å². The van der Waals surface area contributed by atoms with Crippen molar-refractivity contribution in [1.82, 2.24) is 10.2 Å². The number of methoxy groups -OCH3 is 1. The van der Waals surface area contributed by atoms with Crippen LogP contribution in [0.25, 0.3) is 0 Å². The van der Waals surface area contributed by atoms with Gasteiger partial charge in [-0.1, -0.05) is 30.7 Å². The van der Waals surface area contributed by atoms with Crippen LogP contribution in [0.1, 0.15) is 31.4 Å². The highest BCUT2D eigenvalue weighted by Crippen LogP contribution is 2.26. The number of benzene rings is 2. The molecular formula is C24H32ClN3O5S. The van der Waals surface area contributed by atoms with E-state index in [0.29, 0.717) is 28.6 Å². The van der Waals surface area contributed by atoms with Crippen molar-refractivity contribution in [2.45, 2.75) is 39.8 Å². The summed E-state index contributed by atoms with van der Waals surface area (Å²) >= 11 is 6.03. The minimum atomic E-state index is -3.80. The van der Waals surface area contributed by atoms with E-state index in [1.807, 2.05) is 13.0 Å². The van der Waals surface area contributed by atoms with Crippen molar-refractivity contribution in [3.63, 3.8) is 0 Å². The van der Waals surface area contributed by atoms with Gasteiger partial charge < -0.3 is 15.0 Å². The van der Waals surface area contributed by atoms with Crippen LogP contribution in [0, 0.1) is 6.92 Å². The van der Waals surface area contributed by atoms with Gasteiger partial charge in [0.2, 0.25) is 21.8 Å². The molecule has 0 aliphatic carbocycles. The molecule has 10 heteroatoms. The zero-order valence-electron chi connectivity index (χ0n) is 20.2. The van der Waals surface area contributed by atoms with E-state index in [-0.39, 0.29) is 12.5 Å². The van der Waals surface area contributed by atoms with Gasteiger partial charge in [-0.3, -0.25) is 13.9 Å². The number of anilines is 1. The normalized spacial score (nSPS) is 12.1. The van der Waals surface area contributed by atoms with Gasteiger partial charge in [0.05, 0.1) is 19.1 Å². The zero-order valence-corrected chi connectivity index (χ0v) is 21.7. The Hall–Kier alpha value is -2.78. The second-order valence-corrected chi connectivity index (χ2v) is 10.4. The maximum absolute atomic E-state index is 13.5. The molecule has 0 aromatic heterocycles. The average Bonchev–Trinajstić information content (AvgIpc) is 2.78. The van der Waals surface area contributed by atoms with Crippen LogP contribution in [-0.2, 0) is 26.2 Å². The number of nitrogens with one attached hydrogen (secondary N) is 1. The van der Waals surface area contributed by atoms with Gasteiger partial charge in [-0.15, -0.1) is 0 Å². The molecule has 0 spiro atoms. The van der Waals surface area contributed by atoms with Gasteiger partial charge in [0.25, 0.3) is 0 Å². The van der Waals surface area contributed by atoms with E-state index in [0.717, 1.165) is 22.5 Å². The minimum Gasteiger partial charge on any atom is -0.497 e. The Bertz CT molecular complexity index is 1120. The Morgan fingerprint density at radius 1 is 1.18 bits per heavy atom. The summed E-state index contributed by atoms with van der Waals surface area (Å²) in [6, 6.07) is 11.1. The molecule has 1 N–H and O–H groups in total. The molecular weight excluding hydrogens is 478 g/mol. The quantitative estimate of drug-likeness (QED) is 0.501. The molecule has 0 heterocycles. The maximum Gasteiger partial charge on any atom is 0.244 e. The van der Waals surface area contributed by atoms with Gasteiger partial charge in [0.15, 0.2) is 0 Å². The van der Waals surface area contributed by atoms with Crippen molar-refractivity contribution in [2.75, 3.05) is 30.8 Å². The number of halogens is 1. The van der Waals surface area contributed by atoms with Crippen LogP contribution in [0.15, 0.2) is 42.5 Å². The SMILES string of the molecule is CCCNC(=O)C(C)N(Cc1cccc(OC)c1)C(=O)CN(c1ccc(Cl)cc1C)S(C)(=O)=O. The molecule has 8 nitrogen and oxygen atoms in total. The van der Waals surface area contributed by atoms with Crippen LogP contribution in [0.2, 0.25) is 5.02 Å². The molecule has 2 amide bonds. The van der Waals surface area contributed by atoms with E-state index in [1.54, 1.807) is 57.4 Å². The van der Waals surface area contributed by atoms with Crippen molar-refractivity contribution >= 4 is 39.1 Å². The van der Waals surface area contributed by atoms with E-state index in [9.17, 15) is 18.0 Å². The van der Waals surface area contributed by atoms with Crippen LogP contribution < -0.4 is 14.4 Å². The first-order valence-corrected chi connectivity index (χ1v) is 13.1. The van der Waals surface area contributed by atoms with Gasteiger partial charge in [-0.05, 0) is 61.7 Å². The highest BCUT2D eigenvalue weighted by Gasteiger charge is 2.30. The summed E-state index contributed by atoms with van der Waals surface area (Å²) in [4.78, 5) is 27.6. The first-order chi connectivity index (χ1) is 16.0. The van der Waals surface area contributed by atoms with Crippen molar-refractivity contribution in [1.29, 1.82) is 0 Å². The number of carbonyl (C=O) groups excluding carboxylic acids is 2. The van der Waals surface area contributed by atoms with Gasteiger partial charge in [-0.25, -0.2) is 8.42 Å². The van der Waals surface area contributed by atoms with E-state index in [1.165, 1.54) is 4.90 Å². The molecule has 1 atom stereocenters. The zero-order chi connectivity index (χ0) is 25.5. The number of hydrogen-bond acceptors (Lipinski definition) is 5. The van der Waals surface area contributed by atoms with Crippen molar-refractivity contribution < 1.29 is 22.7 Å². The summed E-state index contributed by atoms with van der Waals surface area (Å²) in [7, 11) is -2.26. The molecule has 2 aromatic carbocycles. The predicted molar refractivity (Wildman–Crippen MR) is 135 cm³/mol. The highest BCUT2D eigenvalue weighted by atomic mass is 35.5. The molecule has 2 aromatic rings. The summed E-state index contributed by atoms with van der Waals surface area (Å²) in [5.74, 6) is -0.212. The number of sulfonamides is 1. The molecule has 186 valence electrons. The van der Waals surface area contributed by atoms with Gasteiger partial charge in [0, 0.05) is 18.1 Å². The summed E-state index contributed by atoms with van der Waals surface area (Å²) < 4.78 is 31.6. The number of hydrogen-bond donors (Lipinski definition) is 1. The van der Waals surface area contributed by atoms with Crippen LogP contribution in [-0.4, -0.2) is 57.6 Å². The van der Waals surface area contributed by atoms with Crippen LogP contribution >= 0.6 is 11.6 Å². The standard InChI is InChI=1S/C24H32ClN3O5S/c1-6-12-26-24(30)18(3)27(15-19-8-7-9-21(14-19)33-4)23(29)16-28(34(5,31)32)22-11-10-20(25)13-17(22)2/h7-11,13-14,18H,6,12,15-16H2,1-5H3,(H,26,30). The van der Waals surface area contributed by atoms with Crippen molar-refractivity contribution in [3.8, 4) is 5.75 Å². The third kappa shape index (κ3) is 7.36. The fraction of sp³-hybridized carbons (Fsp3) is 0.417. The molecule has 0 radical (unpaired) electrons. The number of amides is 2. The first-order valence-electron chi connectivity index (χ1n) is 10.9. The van der Waals surface area contributed by atoms with Crippen molar-refractivity contribution in [3.05, 3.63) is 58.6 Å². The van der Waals surface area contributed by atoms with E-state index >= 15 is 0 Å². The third-order valence-corrected chi connectivity index (χ3v) is 6.67. The number of carbonyl (C=O) groups is 2. The number of ether oxygens (including phenoxy) is 1. The Balaban J connectivity index is 2.42. The number of aryl methyl sites for hydroxylation is 1. The first kappa shape index (κ1) is 27.5. The summed E-state index contributed by atoms with van der Waals surface area (Å²) in [5, 5.41) is 3.26. The Morgan fingerprint density at radius 3 is 2.47 bits per heavy atom. The number of nitrogens with zero attached hydrogens (tertiary/aromatic N) is 2. The lowest BCUT2D eigenvalue weighted by Crippen LogP contribution is -2.51. The topological polar surface area (TPSA) is 96.0 Å². The summed E-state index contributed by atoms with van der Waals surface area (Å²) in [5.41, 5.74) is 1.71. The summed E-state index contributed by atoms with van der Waals surface area (Å²) in [6.45, 7) is 5.40.